The minimum atomic E-state index is -0.0759. The SMILES string of the molecule is CC(C)CC(=O)c1ccc2c(Br)cccc2c1.CC(C)NC(=O)c1ccc2c(Oc3cccc(Cl)c3)cccc2c1.Oc1cccc(Cl)c1. The van der Waals surface area contributed by atoms with Gasteiger partial charge < -0.3 is 15.2 Å². The molecule has 0 saturated heterocycles. The van der Waals surface area contributed by atoms with E-state index in [0.717, 1.165) is 37.3 Å². The van der Waals surface area contributed by atoms with Gasteiger partial charge in [-0.3, -0.25) is 9.59 Å². The summed E-state index contributed by atoms with van der Waals surface area (Å²) < 4.78 is 7.02. The lowest BCUT2D eigenvalue weighted by Gasteiger charge is -2.11. The van der Waals surface area contributed by atoms with E-state index in [4.69, 9.17) is 33.0 Å². The van der Waals surface area contributed by atoms with Crippen molar-refractivity contribution < 1.29 is 19.4 Å². The summed E-state index contributed by atoms with van der Waals surface area (Å²) in [7, 11) is 0. The monoisotopic (exact) mass is 757 g/mol. The molecule has 0 saturated carbocycles. The molecule has 6 aromatic rings. The number of rotatable bonds is 7. The van der Waals surface area contributed by atoms with Crippen molar-refractivity contribution in [1.82, 2.24) is 5.32 Å². The zero-order chi connectivity index (χ0) is 35.5. The fraction of sp³-hybridized carbons (Fsp3) is 0.171. The maximum absolute atomic E-state index is 12.2. The van der Waals surface area contributed by atoms with Crippen molar-refractivity contribution in [2.24, 2.45) is 5.92 Å². The molecule has 0 bridgehead atoms. The highest BCUT2D eigenvalue weighted by atomic mass is 79.9. The number of phenols is 1. The Kier molecular flexibility index (Phi) is 13.7. The Balaban J connectivity index is 0.000000187. The number of phenolic OH excluding ortho intramolecular Hbond substituents is 1. The van der Waals surface area contributed by atoms with E-state index in [0.29, 0.717) is 33.7 Å². The number of benzene rings is 6. The quantitative estimate of drug-likeness (QED) is 0.159. The van der Waals surface area contributed by atoms with Crippen molar-refractivity contribution in [2.75, 3.05) is 0 Å². The van der Waals surface area contributed by atoms with Gasteiger partial charge in [-0.15, -0.1) is 0 Å². The summed E-state index contributed by atoms with van der Waals surface area (Å²) >= 11 is 15.0. The number of ether oxygens (including phenoxy) is 1. The molecule has 0 radical (unpaired) electrons. The average molecular weight is 760 g/mol. The van der Waals surface area contributed by atoms with Crippen LogP contribution in [0.15, 0.2) is 126 Å². The number of carbonyl (C=O) groups is 2. The summed E-state index contributed by atoms with van der Waals surface area (Å²) in [6.45, 7) is 8.01. The zero-order valence-electron chi connectivity index (χ0n) is 27.7. The Bertz CT molecular complexity index is 2040. The van der Waals surface area contributed by atoms with E-state index in [9.17, 15) is 9.59 Å². The van der Waals surface area contributed by atoms with E-state index >= 15 is 0 Å². The van der Waals surface area contributed by atoms with Crippen LogP contribution >= 0.6 is 39.1 Å². The molecular weight excluding hydrogens is 721 g/mol. The molecular formula is C41H38BrCl2NO4. The molecule has 0 unspecified atom stereocenters. The predicted molar refractivity (Wildman–Crippen MR) is 207 cm³/mol. The van der Waals surface area contributed by atoms with Gasteiger partial charge in [-0.1, -0.05) is 102 Å². The molecule has 0 aliphatic rings. The third-order valence-corrected chi connectivity index (χ3v) is 8.26. The summed E-state index contributed by atoms with van der Waals surface area (Å²) in [4.78, 5) is 24.1. The number of ketones is 1. The first kappa shape index (κ1) is 37.5. The van der Waals surface area contributed by atoms with Crippen LogP contribution in [-0.2, 0) is 0 Å². The molecule has 0 aliphatic carbocycles. The molecule has 0 atom stereocenters. The van der Waals surface area contributed by atoms with Crippen molar-refractivity contribution in [2.45, 2.75) is 40.2 Å². The van der Waals surface area contributed by atoms with E-state index < -0.39 is 0 Å². The molecule has 0 aromatic heterocycles. The van der Waals surface area contributed by atoms with Crippen LogP contribution in [0.5, 0.6) is 17.2 Å². The van der Waals surface area contributed by atoms with Gasteiger partial charge in [0.1, 0.15) is 17.2 Å². The average Bonchev–Trinajstić information content (AvgIpc) is 3.04. The van der Waals surface area contributed by atoms with Crippen LogP contribution in [0.4, 0.5) is 0 Å². The molecule has 6 aromatic carbocycles. The number of Topliss-reactive ketones (excluding diaryl/α,β-unsaturated/α-hetero) is 1. The first-order valence-electron chi connectivity index (χ1n) is 15.8. The highest BCUT2D eigenvalue weighted by Crippen LogP contribution is 2.31. The first-order chi connectivity index (χ1) is 23.4. The molecule has 5 nitrogen and oxygen atoms in total. The standard InChI is InChI=1S/C20H18ClNO2.C15H15BrO.C6H5ClO/c1-13(2)22-20(23)15-9-10-18-14(11-15)5-3-8-19(18)24-17-7-4-6-16(21)12-17;1-10(2)8-15(17)12-6-7-13-11(9-12)4-3-5-14(13)16;7-5-2-1-3-6(8)4-5/h3-13H,1-2H3,(H,22,23);3-7,9-10H,8H2,1-2H3;1-4,8H. The van der Waals surface area contributed by atoms with Crippen molar-refractivity contribution in [1.29, 1.82) is 0 Å². The van der Waals surface area contributed by atoms with Gasteiger partial charge in [-0.25, -0.2) is 0 Å². The Labute approximate surface area is 306 Å². The number of hydrogen-bond acceptors (Lipinski definition) is 4. The van der Waals surface area contributed by atoms with E-state index in [1.807, 2.05) is 98.8 Å². The summed E-state index contributed by atoms with van der Waals surface area (Å²) in [6, 6.07) is 37.1. The fourth-order valence-electron chi connectivity index (χ4n) is 4.87. The maximum atomic E-state index is 12.2. The van der Waals surface area contributed by atoms with E-state index in [1.165, 1.54) is 6.07 Å². The Hall–Kier alpha value is -4.36. The number of amides is 1. The fourth-order valence-corrected chi connectivity index (χ4v) is 5.75. The molecule has 6 rings (SSSR count). The number of hydrogen-bond donors (Lipinski definition) is 2. The lowest BCUT2D eigenvalue weighted by Crippen LogP contribution is -2.29. The second kappa shape index (κ2) is 17.9. The lowest BCUT2D eigenvalue weighted by atomic mass is 9.99. The normalized spacial score (nSPS) is 10.6. The van der Waals surface area contributed by atoms with Crippen LogP contribution in [0.2, 0.25) is 10.0 Å². The molecule has 0 heterocycles. The van der Waals surface area contributed by atoms with Gasteiger partial charge >= 0.3 is 0 Å². The molecule has 0 spiro atoms. The highest BCUT2D eigenvalue weighted by molar-refractivity contribution is 9.10. The minimum absolute atomic E-state index is 0.0759. The van der Waals surface area contributed by atoms with Crippen molar-refractivity contribution >= 4 is 72.4 Å². The molecule has 0 aliphatic heterocycles. The summed E-state index contributed by atoms with van der Waals surface area (Å²) in [5.41, 5.74) is 1.44. The van der Waals surface area contributed by atoms with Gasteiger partial charge in [0.25, 0.3) is 5.91 Å². The molecule has 2 N–H and O–H groups in total. The molecule has 8 heteroatoms. The van der Waals surface area contributed by atoms with Crippen LogP contribution in [0.1, 0.15) is 54.8 Å². The summed E-state index contributed by atoms with van der Waals surface area (Å²) in [6.07, 6.45) is 0.611. The second-order valence-corrected chi connectivity index (χ2v) is 13.8. The van der Waals surface area contributed by atoms with Crippen LogP contribution in [0.25, 0.3) is 21.5 Å². The minimum Gasteiger partial charge on any atom is -0.508 e. The highest BCUT2D eigenvalue weighted by Gasteiger charge is 2.11. The predicted octanol–water partition coefficient (Wildman–Crippen LogP) is 12.3. The Morgan fingerprint density at radius 3 is 1.94 bits per heavy atom. The van der Waals surface area contributed by atoms with Crippen molar-refractivity contribution in [3.8, 4) is 17.2 Å². The van der Waals surface area contributed by atoms with E-state index in [-0.39, 0.29) is 23.5 Å². The Morgan fingerprint density at radius 1 is 0.714 bits per heavy atom. The van der Waals surface area contributed by atoms with Gasteiger partial charge in [-0.05, 0) is 109 Å². The van der Waals surface area contributed by atoms with Gasteiger partial charge in [0.05, 0.1) is 0 Å². The molecule has 0 fully saturated rings. The van der Waals surface area contributed by atoms with E-state index in [1.54, 1.807) is 30.3 Å². The van der Waals surface area contributed by atoms with Crippen molar-refractivity contribution in [3.63, 3.8) is 0 Å². The first-order valence-corrected chi connectivity index (χ1v) is 17.4. The van der Waals surface area contributed by atoms with Gasteiger partial charge in [0.2, 0.25) is 0 Å². The van der Waals surface area contributed by atoms with Crippen LogP contribution in [-0.4, -0.2) is 22.8 Å². The topological polar surface area (TPSA) is 75.6 Å². The van der Waals surface area contributed by atoms with E-state index in [2.05, 4.69) is 35.1 Å². The second-order valence-electron chi connectivity index (χ2n) is 12.1. The third kappa shape index (κ3) is 11.4. The zero-order valence-corrected chi connectivity index (χ0v) is 30.8. The molecule has 1 amide bonds. The number of fused-ring (bicyclic) bond motifs is 2. The smallest absolute Gasteiger partial charge is 0.251 e. The van der Waals surface area contributed by atoms with Crippen molar-refractivity contribution in [3.05, 3.63) is 147 Å². The number of aromatic hydroxyl groups is 1. The maximum Gasteiger partial charge on any atom is 0.251 e. The number of carbonyl (C=O) groups excluding carboxylic acids is 2. The van der Waals surface area contributed by atoms with Crippen LogP contribution in [0.3, 0.4) is 0 Å². The van der Waals surface area contributed by atoms with Crippen LogP contribution < -0.4 is 10.1 Å². The largest absolute Gasteiger partial charge is 0.508 e. The third-order valence-electron chi connectivity index (χ3n) is 7.10. The number of halogens is 3. The van der Waals surface area contributed by atoms with Gasteiger partial charge in [0, 0.05) is 43.5 Å². The Morgan fingerprint density at radius 2 is 1.31 bits per heavy atom. The molecule has 252 valence electrons. The van der Waals surface area contributed by atoms with Gasteiger partial charge in [0.15, 0.2) is 5.78 Å². The number of nitrogens with one attached hydrogen (secondary N) is 1. The lowest BCUT2D eigenvalue weighted by molar-refractivity contribution is 0.0940. The summed E-state index contributed by atoms with van der Waals surface area (Å²) in [5, 5.41) is 17.0. The van der Waals surface area contributed by atoms with Crippen LogP contribution in [0, 0.1) is 5.92 Å². The van der Waals surface area contributed by atoms with Gasteiger partial charge in [-0.2, -0.15) is 0 Å². The summed E-state index contributed by atoms with van der Waals surface area (Å²) in [5.74, 6) is 2.16. The molecule has 49 heavy (non-hydrogen) atoms.